The van der Waals surface area contributed by atoms with Gasteiger partial charge in [-0.2, -0.15) is 31.6 Å². The van der Waals surface area contributed by atoms with E-state index in [9.17, 15) is 36.2 Å². The zero-order valence-corrected chi connectivity index (χ0v) is 22.0. The number of rotatable bonds is 6. The van der Waals surface area contributed by atoms with Gasteiger partial charge in [0.05, 0.1) is 32.6 Å². The number of nitriles is 1. The van der Waals surface area contributed by atoms with Gasteiger partial charge >= 0.3 is 12.4 Å². The lowest BCUT2D eigenvalue weighted by molar-refractivity contribution is -0.254. The number of halogens is 6. The van der Waals surface area contributed by atoms with Gasteiger partial charge in [-0.3, -0.25) is 4.79 Å². The van der Waals surface area contributed by atoms with Crippen LogP contribution in [0.25, 0.3) is 0 Å². The van der Waals surface area contributed by atoms with E-state index in [-0.39, 0.29) is 36.9 Å². The van der Waals surface area contributed by atoms with Crippen LogP contribution in [0.5, 0.6) is 0 Å². The Labute approximate surface area is 223 Å². The lowest BCUT2D eigenvalue weighted by Crippen LogP contribution is -2.49. The van der Waals surface area contributed by atoms with Crippen LogP contribution in [0.4, 0.5) is 32.0 Å². The fourth-order valence-corrected chi connectivity index (χ4v) is 6.04. The van der Waals surface area contributed by atoms with Gasteiger partial charge in [-0.25, -0.2) is 9.30 Å². The molecule has 38 heavy (non-hydrogen) atoms. The minimum Gasteiger partial charge on any atom is -0.369 e. The summed E-state index contributed by atoms with van der Waals surface area (Å²) in [6.07, 6.45) is -9.12. The van der Waals surface area contributed by atoms with Gasteiger partial charge in [-0.05, 0) is 49.2 Å². The third-order valence-corrected chi connectivity index (χ3v) is 8.16. The average Bonchev–Trinajstić information content (AvgIpc) is 3.30. The zero-order chi connectivity index (χ0) is 28.5. The molecule has 1 amide bonds. The highest BCUT2D eigenvalue weighted by atomic mass is 32.2. The van der Waals surface area contributed by atoms with Gasteiger partial charge in [0.2, 0.25) is 0 Å². The number of alkyl halides is 6. The second-order valence-corrected chi connectivity index (χ2v) is 11.1. The fourth-order valence-electron chi connectivity index (χ4n) is 3.71. The number of anilines is 1. The summed E-state index contributed by atoms with van der Waals surface area (Å²) in [6, 6.07) is 7.12. The van der Waals surface area contributed by atoms with Gasteiger partial charge in [0.25, 0.3) is 11.5 Å². The van der Waals surface area contributed by atoms with Gasteiger partial charge in [0.15, 0.2) is 0 Å². The summed E-state index contributed by atoms with van der Waals surface area (Å²) in [5, 5.41) is 19.4. The molecule has 1 aromatic carbocycles. The summed E-state index contributed by atoms with van der Waals surface area (Å²) in [6.45, 7) is 2.40. The third kappa shape index (κ3) is 6.25. The van der Waals surface area contributed by atoms with Crippen LogP contribution in [0.2, 0.25) is 0 Å². The van der Waals surface area contributed by atoms with E-state index in [0.717, 1.165) is 30.4 Å². The molecule has 1 aliphatic heterocycles. The molecule has 0 radical (unpaired) electrons. The van der Waals surface area contributed by atoms with Crippen molar-refractivity contribution in [2.75, 3.05) is 38.6 Å². The van der Waals surface area contributed by atoms with Crippen molar-refractivity contribution in [3.8, 4) is 6.07 Å². The SMILES string of the molecule is CC1CN(c2ccc(C#N)cc2C(F)(F)F)CCN1Sc1ccc(C(O)(C(=O)N=CN(C)C)C(F)(F)F)s1. The number of hydrogen-bond acceptors (Lipinski definition) is 7. The Hall–Kier alpha value is -2.80. The van der Waals surface area contributed by atoms with E-state index >= 15 is 0 Å². The van der Waals surface area contributed by atoms with Gasteiger partial charge in [0.1, 0.15) is 0 Å². The van der Waals surface area contributed by atoms with E-state index in [0.29, 0.717) is 15.5 Å². The number of aliphatic imine (C=N–C) groups is 1. The standard InChI is InChI=1S/C23H23F6N5O2S2/c1-14-12-33(17-5-4-15(11-30)10-16(17)22(24,25)26)8-9-34(14)38-19-7-6-18(37-19)21(36,23(27,28)29)20(35)31-13-32(2)3/h4-7,10,13-14,36H,8-9,12H2,1-3H3. The Kier molecular flexibility index (Phi) is 8.71. The molecule has 3 rings (SSSR count). The second-order valence-electron chi connectivity index (χ2n) is 8.71. The lowest BCUT2D eigenvalue weighted by Gasteiger charge is -2.40. The largest absolute Gasteiger partial charge is 0.431 e. The van der Waals surface area contributed by atoms with E-state index in [2.05, 4.69) is 4.99 Å². The number of thiophene rings is 1. The van der Waals surface area contributed by atoms with Crippen LogP contribution >= 0.6 is 23.3 Å². The Bertz CT molecular complexity index is 1240. The molecule has 2 atom stereocenters. The molecule has 1 fully saturated rings. The normalized spacial score (nSPS) is 18.9. The third-order valence-electron chi connectivity index (χ3n) is 5.61. The second kappa shape index (κ2) is 11.1. The molecule has 2 unspecified atom stereocenters. The first kappa shape index (κ1) is 29.8. The minimum absolute atomic E-state index is 0.0570. The maximum absolute atomic E-state index is 13.8. The number of aliphatic hydroxyl groups is 1. The molecular formula is C23H23F6N5O2S2. The van der Waals surface area contributed by atoms with Gasteiger partial charge < -0.3 is 14.9 Å². The molecule has 7 nitrogen and oxygen atoms in total. The molecule has 1 saturated heterocycles. The van der Waals surface area contributed by atoms with Crippen molar-refractivity contribution in [2.24, 2.45) is 4.99 Å². The summed E-state index contributed by atoms with van der Waals surface area (Å²) >= 11 is 1.67. The Morgan fingerprint density at radius 3 is 2.45 bits per heavy atom. The molecule has 0 aliphatic carbocycles. The molecule has 0 saturated carbocycles. The quantitative estimate of drug-likeness (QED) is 0.230. The van der Waals surface area contributed by atoms with Crippen LogP contribution in [-0.4, -0.2) is 72.5 Å². The number of hydrogen-bond donors (Lipinski definition) is 1. The number of amides is 1. The highest BCUT2D eigenvalue weighted by Crippen LogP contribution is 2.45. The van der Waals surface area contributed by atoms with Crippen LogP contribution in [-0.2, 0) is 16.6 Å². The van der Waals surface area contributed by atoms with Crippen molar-refractivity contribution in [3.05, 3.63) is 46.3 Å². The maximum atomic E-state index is 13.8. The monoisotopic (exact) mass is 579 g/mol. The van der Waals surface area contributed by atoms with Crippen molar-refractivity contribution in [1.29, 1.82) is 5.26 Å². The smallest absolute Gasteiger partial charge is 0.369 e. The first-order valence-electron chi connectivity index (χ1n) is 11.0. The van der Waals surface area contributed by atoms with E-state index in [1.807, 2.05) is 4.31 Å². The highest BCUT2D eigenvalue weighted by molar-refractivity contribution is 7.99. The molecule has 2 aromatic rings. The number of carbonyl (C=O) groups excluding carboxylic acids is 1. The number of benzene rings is 1. The maximum Gasteiger partial charge on any atom is 0.431 e. The summed E-state index contributed by atoms with van der Waals surface area (Å²) < 4.78 is 84.4. The van der Waals surface area contributed by atoms with Gasteiger partial charge in [-0.1, -0.05) is 0 Å². The molecule has 0 spiro atoms. The van der Waals surface area contributed by atoms with E-state index < -0.39 is 34.3 Å². The minimum atomic E-state index is -5.32. The average molecular weight is 580 g/mol. The van der Waals surface area contributed by atoms with E-state index in [4.69, 9.17) is 5.26 Å². The predicted octanol–water partition coefficient (Wildman–Crippen LogP) is 4.72. The van der Waals surface area contributed by atoms with Crippen molar-refractivity contribution >= 4 is 41.2 Å². The number of nitrogens with zero attached hydrogens (tertiary/aromatic N) is 5. The van der Waals surface area contributed by atoms with Crippen LogP contribution in [0.1, 0.15) is 22.9 Å². The topological polar surface area (TPSA) is 83.2 Å². The number of carbonyl (C=O) groups is 1. The van der Waals surface area contributed by atoms with E-state index in [1.165, 1.54) is 37.2 Å². The molecule has 1 aliphatic rings. The molecule has 1 N–H and O–H groups in total. The molecule has 0 bridgehead atoms. The fraction of sp³-hybridized carbons (Fsp3) is 0.435. The van der Waals surface area contributed by atoms with Gasteiger partial charge in [0, 0.05) is 45.5 Å². The van der Waals surface area contributed by atoms with Crippen LogP contribution in [0.3, 0.4) is 0 Å². The van der Waals surface area contributed by atoms with Crippen LogP contribution in [0, 0.1) is 11.3 Å². The first-order valence-corrected chi connectivity index (χ1v) is 12.6. The Morgan fingerprint density at radius 2 is 1.89 bits per heavy atom. The Morgan fingerprint density at radius 1 is 1.21 bits per heavy atom. The molecule has 206 valence electrons. The van der Waals surface area contributed by atoms with Crippen molar-refractivity contribution in [3.63, 3.8) is 0 Å². The van der Waals surface area contributed by atoms with Crippen LogP contribution < -0.4 is 4.90 Å². The first-order chi connectivity index (χ1) is 17.6. The summed E-state index contributed by atoms with van der Waals surface area (Å²) in [5.41, 5.74) is -4.91. The molecule has 1 aromatic heterocycles. The van der Waals surface area contributed by atoms with Crippen molar-refractivity contribution in [1.82, 2.24) is 9.21 Å². The van der Waals surface area contributed by atoms with Crippen molar-refractivity contribution < 1.29 is 36.2 Å². The van der Waals surface area contributed by atoms with Gasteiger partial charge in [-0.15, -0.1) is 11.3 Å². The zero-order valence-electron chi connectivity index (χ0n) is 20.3. The highest BCUT2D eigenvalue weighted by Gasteiger charge is 2.62. The summed E-state index contributed by atoms with van der Waals surface area (Å²) in [4.78, 5) is 17.7. The molecular weight excluding hydrogens is 556 g/mol. The lowest BCUT2D eigenvalue weighted by atomic mass is 10.0. The Balaban J connectivity index is 1.78. The molecule has 15 heteroatoms. The van der Waals surface area contributed by atoms with Crippen LogP contribution in [0.15, 0.2) is 39.5 Å². The van der Waals surface area contributed by atoms with Crippen molar-refractivity contribution in [2.45, 2.75) is 35.1 Å². The summed E-state index contributed by atoms with van der Waals surface area (Å²) in [7, 11) is 2.91. The predicted molar refractivity (Wildman–Crippen MR) is 132 cm³/mol. The molecule has 2 heterocycles. The summed E-state index contributed by atoms with van der Waals surface area (Å²) in [5.74, 6) is -1.78. The number of piperazine rings is 1. The van der Waals surface area contributed by atoms with E-state index in [1.54, 1.807) is 17.9 Å².